The van der Waals surface area contributed by atoms with Crippen molar-refractivity contribution in [3.8, 4) is 0 Å². The average molecular weight is 353 g/mol. The number of fused-ring (bicyclic) bond motifs is 2. The van der Waals surface area contributed by atoms with Gasteiger partial charge in [0.2, 0.25) is 5.91 Å². The molecule has 0 spiro atoms. The molecular formula is C22H27NO3. The third-order valence-electron chi connectivity index (χ3n) is 6.06. The molecule has 1 aliphatic heterocycles. The molecule has 2 fully saturated rings. The van der Waals surface area contributed by atoms with Crippen LogP contribution in [0.25, 0.3) is 11.0 Å². The molecular weight excluding hydrogens is 326 g/mol. The Morgan fingerprint density at radius 2 is 1.85 bits per heavy atom. The van der Waals surface area contributed by atoms with Gasteiger partial charge < -0.3 is 9.32 Å². The number of piperidine rings is 1. The van der Waals surface area contributed by atoms with E-state index in [2.05, 4.69) is 4.90 Å². The van der Waals surface area contributed by atoms with E-state index in [1.165, 1.54) is 25.7 Å². The van der Waals surface area contributed by atoms with E-state index in [1.54, 1.807) is 6.07 Å². The van der Waals surface area contributed by atoms with Gasteiger partial charge in [-0.25, -0.2) is 0 Å². The fourth-order valence-electron chi connectivity index (χ4n) is 4.72. The van der Waals surface area contributed by atoms with Gasteiger partial charge in [0, 0.05) is 30.8 Å². The fraction of sp³-hybridized carbons (Fsp3) is 0.545. The molecule has 0 radical (unpaired) electrons. The topological polar surface area (TPSA) is 50.5 Å². The monoisotopic (exact) mass is 353 g/mol. The van der Waals surface area contributed by atoms with E-state index in [1.807, 2.05) is 24.3 Å². The minimum Gasteiger partial charge on any atom is -0.453 e. The zero-order chi connectivity index (χ0) is 17.9. The molecule has 1 saturated carbocycles. The Labute approximate surface area is 154 Å². The van der Waals surface area contributed by atoms with Crippen molar-refractivity contribution in [2.75, 3.05) is 6.54 Å². The maximum atomic E-state index is 12.7. The molecule has 1 aromatic heterocycles. The summed E-state index contributed by atoms with van der Waals surface area (Å²) in [5, 5.41) is 0.948. The molecule has 2 unspecified atom stereocenters. The number of likely N-dealkylation sites (tertiary alicyclic amines) is 1. The van der Waals surface area contributed by atoms with Gasteiger partial charge in [0.05, 0.1) is 0 Å². The first-order chi connectivity index (χ1) is 12.7. The summed E-state index contributed by atoms with van der Waals surface area (Å²) < 4.78 is 5.63. The minimum absolute atomic E-state index is 0.0109. The molecule has 1 saturated heterocycles. The third-order valence-corrected chi connectivity index (χ3v) is 6.06. The van der Waals surface area contributed by atoms with Gasteiger partial charge in [0.25, 0.3) is 0 Å². The first kappa shape index (κ1) is 17.3. The largest absolute Gasteiger partial charge is 0.453 e. The van der Waals surface area contributed by atoms with Crippen LogP contribution in [0.5, 0.6) is 0 Å². The Kier molecular flexibility index (Phi) is 5.09. The number of hydrogen-bond donors (Lipinski definition) is 0. The van der Waals surface area contributed by atoms with E-state index in [0.717, 1.165) is 30.4 Å². The highest BCUT2D eigenvalue weighted by atomic mass is 16.3. The Morgan fingerprint density at radius 1 is 1.04 bits per heavy atom. The predicted octanol–water partition coefficient (Wildman–Crippen LogP) is 4.97. The van der Waals surface area contributed by atoms with Crippen molar-refractivity contribution < 1.29 is 14.0 Å². The van der Waals surface area contributed by atoms with E-state index >= 15 is 0 Å². The molecule has 2 aliphatic rings. The molecule has 4 rings (SSSR count). The smallest absolute Gasteiger partial charge is 0.222 e. The lowest BCUT2D eigenvalue weighted by molar-refractivity contribution is -0.137. The average Bonchev–Trinajstić information content (AvgIpc) is 3.11. The molecule has 4 nitrogen and oxygen atoms in total. The number of para-hydroxylation sites is 1. The van der Waals surface area contributed by atoms with Crippen molar-refractivity contribution in [1.82, 2.24) is 4.90 Å². The van der Waals surface area contributed by atoms with Crippen LogP contribution in [0.4, 0.5) is 0 Å². The second-order valence-electron chi connectivity index (χ2n) is 7.77. The number of amides is 1. The van der Waals surface area contributed by atoms with Crippen molar-refractivity contribution in [3.63, 3.8) is 0 Å². The summed E-state index contributed by atoms with van der Waals surface area (Å²) >= 11 is 0. The van der Waals surface area contributed by atoms with Gasteiger partial charge >= 0.3 is 0 Å². The number of Topliss-reactive ketones (excluding diaryl/α,β-unsaturated/α-hetero) is 1. The van der Waals surface area contributed by atoms with Crippen molar-refractivity contribution in [3.05, 3.63) is 36.1 Å². The van der Waals surface area contributed by atoms with Crippen molar-refractivity contribution in [1.29, 1.82) is 0 Å². The van der Waals surface area contributed by atoms with E-state index < -0.39 is 0 Å². The van der Waals surface area contributed by atoms with Crippen LogP contribution >= 0.6 is 0 Å². The summed E-state index contributed by atoms with van der Waals surface area (Å²) in [6.45, 7) is 0.900. The number of carbonyl (C=O) groups is 2. The van der Waals surface area contributed by atoms with Gasteiger partial charge in [-0.1, -0.05) is 31.0 Å². The van der Waals surface area contributed by atoms with E-state index in [9.17, 15) is 9.59 Å². The zero-order valence-corrected chi connectivity index (χ0v) is 15.3. The molecule has 2 heterocycles. The molecule has 1 amide bonds. The minimum atomic E-state index is -0.0109. The van der Waals surface area contributed by atoms with Crippen LogP contribution in [0.1, 0.15) is 68.3 Å². The third kappa shape index (κ3) is 3.55. The second-order valence-corrected chi connectivity index (χ2v) is 7.77. The van der Waals surface area contributed by atoms with Gasteiger partial charge in [-0.15, -0.1) is 0 Å². The molecule has 1 aliphatic carbocycles. The first-order valence-corrected chi connectivity index (χ1v) is 10.0. The van der Waals surface area contributed by atoms with Crippen molar-refractivity contribution in [2.24, 2.45) is 5.92 Å². The summed E-state index contributed by atoms with van der Waals surface area (Å²) in [6.07, 6.45) is 8.84. The van der Waals surface area contributed by atoms with Gasteiger partial charge in [-0.2, -0.15) is 0 Å². The lowest BCUT2D eigenvalue weighted by Crippen LogP contribution is -2.49. The highest BCUT2D eigenvalue weighted by molar-refractivity contribution is 5.97. The van der Waals surface area contributed by atoms with Crippen molar-refractivity contribution >= 4 is 22.7 Å². The summed E-state index contributed by atoms with van der Waals surface area (Å²) in [5.41, 5.74) is 0.739. The molecule has 138 valence electrons. The van der Waals surface area contributed by atoms with Crippen LogP contribution in [0, 0.1) is 5.92 Å². The second kappa shape index (κ2) is 7.65. The van der Waals surface area contributed by atoms with Gasteiger partial charge in [0.1, 0.15) is 5.58 Å². The standard InChI is InChI=1S/C22H27NO3/c24-19(21-15-17-8-2-4-12-20(17)26-21)11-5-13-22(25)23-14-6-9-16-7-1-3-10-18(16)23/h2,4,8,12,15-16,18H,1,3,5-7,9-11,13-14H2. The number of furan rings is 1. The van der Waals surface area contributed by atoms with E-state index in [-0.39, 0.29) is 11.7 Å². The fourth-order valence-corrected chi connectivity index (χ4v) is 4.72. The number of ketones is 1. The summed E-state index contributed by atoms with van der Waals surface area (Å²) in [7, 11) is 0. The Balaban J connectivity index is 1.30. The van der Waals surface area contributed by atoms with Crippen molar-refractivity contribution in [2.45, 2.75) is 63.8 Å². The molecule has 2 atom stereocenters. The molecule has 2 aromatic rings. The van der Waals surface area contributed by atoms with Crippen LogP contribution in [-0.2, 0) is 4.79 Å². The number of hydrogen-bond acceptors (Lipinski definition) is 3. The molecule has 4 heteroatoms. The summed E-state index contributed by atoms with van der Waals surface area (Å²) in [6, 6.07) is 9.90. The molecule has 0 N–H and O–H groups in total. The lowest BCUT2D eigenvalue weighted by atomic mass is 9.78. The van der Waals surface area contributed by atoms with E-state index in [4.69, 9.17) is 4.42 Å². The summed E-state index contributed by atoms with van der Waals surface area (Å²) in [5.74, 6) is 1.34. The SMILES string of the molecule is O=C(CCCC(=O)N1CCCC2CCCCC21)c1cc2ccccc2o1. The quantitative estimate of drug-likeness (QED) is 0.713. The number of rotatable bonds is 5. The van der Waals surface area contributed by atoms with Crippen LogP contribution in [0.3, 0.4) is 0 Å². The van der Waals surface area contributed by atoms with Crippen LogP contribution in [0.15, 0.2) is 34.7 Å². The normalized spacial score (nSPS) is 23.0. The van der Waals surface area contributed by atoms with Crippen LogP contribution in [0.2, 0.25) is 0 Å². The molecule has 0 bridgehead atoms. The number of benzene rings is 1. The molecule has 26 heavy (non-hydrogen) atoms. The maximum absolute atomic E-state index is 12.7. The van der Waals surface area contributed by atoms with Gasteiger partial charge in [-0.3, -0.25) is 9.59 Å². The Hall–Kier alpha value is -2.10. The number of nitrogens with zero attached hydrogens (tertiary/aromatic N) is 1. The van der Waals surface area contributed by atoms with Crippen LogP contribution in [-0.4, -0.2) is 29.2 Å². The predicted molar refractivity (Wildman–Crippen MR) is 101 cm³/mol. The maximum Gasteiger partial charge on any atom is 0.222 e. The zero-order valence-electron chi connectivity index (χ0n) is 15.3. The lowest BCUT2D eigenvalue weighted by Gasteiger charge is -2.44. The van der Waals surface area contributed by atoms with Gasteiger partial charge in [-0.05, 0) is 50.2 Å². The van der Waals surface area contributed by atoms with Crippen LogP contribution < -0.4 is 0 Å². The van der Waals surface area contributed by atoms with E-state index in [0.29, 0.717) is 37.0 Å². The highest BCUT2D eigenvalue weighted by Crippen LogP contribution is 2.35. The highest BCUT2D eigenvalue weighted by Gasteiger charge is 2.35. The Bertz CT molecular complexity index is 759. The summed E-state index contributed by atoms with van der Waals surface area (Å²) in [4.78, 5) is 27.2. The Morgan fingerprint density at radius 3 is 2.73 bits per heavy atom. The first-order valence-electron chi connectivity index (χ1n) is 10.0. The molecule has 1 aromatic carbocycles. The van der Waals surface area contributed by atoms with Gasteiger partial charge in [0.15, 0.2) is 11.5 Å². The number of carbonyl (C=O) groups excluding carboxylic acids is 2.